The van der Waals surface area contributed by atoms with E-state index >= 15 is 0 Å². The van der Waals surface area contributed by atoms with Crippen LogP contribution in [0.25, 0.3) is 0 Å². The Morgan fingerprint density at radius 1 is 0.325 bits per heavy atom. The minimum atomic E-state index is 0.638. The quantitative estimate of drug-likeness (QED) is 0.0755. The van der Waals surface area contributed by atoms with E-state index in [2.05, 4.69) is 43.0 Å². The third-order valence-corrected chi connectivity index (χ3v) is 9.28. The summed E-state index contributed by atoms with van der Waals surface area (Å²) in [5.74, 6) is 0. The monoisotopic (exact) mass is 561 g/mol. The molecule has 0 spiro atoms. The van der Waals surface area contributed by atoms with Gasteiger partial charge in [0.25, 0.3) is 0 Å². The lowest BCUT2D eigenvalue weighted by Gasteiger charge is -2.33. The molecule has 0 saturated carbocycles. The van der Waals surface area contributed by atoms with Gasteiger partial charge in [0.2, 0.25) is 0 Å². The van der Waals surface area contributed by atoms with Gasteiger partial charge in [-0.05, 0) is 25.7 Å². The van der Waals surface area contributed by atoms with Gasteiger partial charge < -0.3 is 9.80 Å². The first-order chi connectivity index (χ1) is 19.8. The lowest BCUT2D eigenvalue weighted by atomic mass is 10.0. The van der Waals surface area contributed by atoms with Crippen LogP contribution in [-0.2, 0) is 0 Å². The average molecular weight is 561 g/mol. The highest BCUT2D eigenvalue weighted by Gasteiger charge is 2.24. The van der Waals surface area contributed by atoms with E-state index in [-0.39, 0.29) is 0 Å². The van der Waals surface area contributed by atoms with Crippen molar-refractivity contribution >= 4 is 0 Å². The maximum absolute atomic E-state index is 2.68. The van der Waals surface area contributed by atoms with E-state index in [1.807, 2.05) is 0 Å². The predicted octanol–water partition coefficient (Wildman–Crippen LogP) is 13.2. The molecule has 1 aliphatic heterocycles. The van der Waals surface area contributed by atoms with Crippen LogP contribution >= 0.6 is 0 Å². The first-order valence-electron chi connectivity index (χ1n) is 19.0. The number of hydrogen-bond donors (Lipinski definition) is 0. The zero-order valence-electron chi connectivity index (χ0n) is 28.3. The number of nitrogens with zero attached hydrogens (tertiary/aromatic N) is 2. The standard InChI is InChI=1S/C38H76N2/c1-4-7-9-11-13-15-17-18-19-20-21-22-24-26-28-30-32-35-40-37-36-39(34-6-3)38(40)33-31-29-27-25-23-16-14-12-10-8-5-2/h36-38H,4-35H2,1-3H3. The molecule has 1 aliphatic rings. The number of unbranched alkanes of at least 4 members (excludes halogenated alkanes) is 26. The Labute approximate surface area is 254 Å². The van der Waals surface area contributed by atoms with Crippen LogP contribution in [0.3, 0.4) is 0 Å². The summed E-state index contributed by atoms with van der Waals surface area (Å²) in [6.45, 7) is 9.42. The highest BCUT2D eigenvalue weighted by Crippen LogP contribution is 2.23. The molecule has 2 heteroatoms. The van der Waals surface area contributed by atoms with E-state index < -0.39 is 0 Å². The molecule has 0 aromatic rings. The van der Waals surface area contributed by atoms with Crippen molar-refractivity contribution < 1.29 is 0 Å². The van der Waals surface area contributed by atoms with Crippen molar-refractivity contribution in [3.05, 3.63) is 12.4 Å². The van der Waals surface area contributed by atoms with Gasteiger partial charge in [0.15, 0.2) is 0 Å². The fourth-order valence-corrected chi connectivity index (χ4v) is 6.61. The summed E-state index contributed by atoms with van der Waals surface area (Å²) in [5, 5.41) is 0. The second-order valence-corrected chi connectivity index (χ2v) is 13.2. The van der Waals surface area contributed by atoms with Crippen LogP contribution in [0.4, 0.5) is 0 Å². The molecule has 0 amide bonds. The molecule has 1 heterocycles. The molecule has 0 aromatic heterocycles. The Balaban J connectivity index is 1.97. The van der Waals surface area contributed by atoms with Crippen molar-refractivity contribution in [2.75, 3.05) is 13.1 Å². The third kappa shape index (κ3) is 22.0. The molecule has 0 N–H and O–H groups in total. The van der Waals surface area contributed by atoms with Crippen LogP contribution in [-0.4, -0.2) is 29.1 Å². The van der Waals surface area contributed by atoms with Crippen LogP contribution in [0.5, 0.6) is 0 Å². The van der Waals surface area contributed by atoms with E-state index in [0.717, 1.165) is 0 Å². The first kappa shape index (κ1) is 37.4. The Morgan fingerprint density at radius 3 is 0.975 bits per heavy atom. The molecule has 40 heavy (non-hydrogen) atoms. The smallest absolute Gasteiger partial charge is 0.101 e. The molecule has 0 fully saturated rings. The number of hydrogen-bond acceptors (Lipinski definition) is 2. The minimum absolute atomic E-state index is 0.638. The molecule has 0 aliphatic carbocycles. The first-order valence-corrected chi connectivity index (χ1v) is 19.0. The van der Waals surface area contributed by atoms with Gasteiger partial charge in [-0.3, -0.25) is 0 Å². The Hall–Kier alpha value is -0.660. The molecule has 0 saturated heterocycles. The Morgan fingerprint density at radius 2 is 0.625 bits per heavy atom. The molecular weight excluding hydrogens is 484 g/mol. The summed E-state index contributed by atoms with van der Waals surface area (Å²) in [6.07, 6.45) is 48.6. The maximum Gasteiger partial charge on any atom is 0.101 e. The van der Waals surface area contributed by atoms with Gasteiger partial charge in [-0.15, -0.1) is 0 Å². The van der Waals surface area contributed by atoms with Gasteiger partial charge >= 0.3 is 0 Å². The second-order valence-electron chi connectivity index (χ2n) is 13.2. The number of rotatable bonds is 32. The van der Waals surface area contributed by atoms with Gasteiger partial charge in [-0.1, -0.05) is 188 Å². The molecule has 1 atom stereocenters. The van der Waals surface area contributed by atoms with Gasteiger partial charge in [0.05, 0.1) is 0 Å². The van der Waals surface area contributed by atoms with Crippen LogP contribution in [0.15, 0.2) is 12.4 Å². The average Bonchev–Trinajstić information content (AvgIpc) is 3.34. The third-order valence-electron chi connectivity index (χ3n) is 9.28. The fourth-order valence-electron chi connectivity index (χ4n) is 6.61. The zero-order chi connectivity index (χ0) is 28.8. The van der Waals surface area contributed by atoms with Gasteiger partial charge in [-0.2, -0.15) is 0 Å². The summed E-state index contributed by atoms with van der Waals surface area (Å²) >= 11 is 0. The van der Waals surface area contributed by atoms with Gasteiger partial charge in [-0.25, -0.2) is 0 Å². The van der Waals surface area contributed by atoms with Crippen molar-refractivity contribution in [1.29, 1.82) is 0 Å². The minimum Gasteiger partial charge on any atom is -0.356 e. The fraction of sp³-hybridized carbons (Fsp3) is 0.947. The topological polar surface area (TPSA) is 6.48 Å². The van der Waals surface area contributed by atoms with E-state index in [1.165, 1.54) is 206 Å². The predicted molar refractivity (Wildman–Crippen MR) is 182 cm³/mol. The highest BCUT2D eigenvalue weighted by atomic mass is 15.4. The second kappa shape index (κ2) is 29.8. The lowest BCUT2D eigenvalue weighted by Crippen LogP contribution is -2.39. The molecule has 1 rings (SSSR count). The Kier molecular flexibility index (Phi) is 27.9. The molecule has 1 unspecified atom stereocenters. The largest absolute Gasteiger partial charge is 0.356 e. The van der Waals surface area contributed by atoms with Gasteiger partial charge in [0, 0.05) is 25.5 Å². The van der Waals surface area contributed by atoms with Crippen molar-refractivity contribution in [2.24, 2.45) is 0 Å². The van der Waals surface area contributed by atoms with Gasteiger partial charge in [0.1, 0.15) is 6.17 Å². The van der Waals surface area contributed by atoms with Crippen LogP contribution in [0, 0.1) is 0 Å². The molecule has 0 bridgehead atoms. The summed E-state index contributed by atoms with van der Waals surface area (Å²) < 4.78 is 0. The van der Waals surface area contributed by atoms with E-state index in [1.54, 1.807) is 0 Å². The van der Waals surface area contributed by atoms with Crippen molar-refractivity contribution in [2.45, 2.75) is 220 Å². The zero-order valence-corrected chi connectivity index (χ0v) is 28.3. The molecule has 238 valence electrons. The van der Waals surface area contributed by atoms with Crippen LogP contribution in [0.2, 0.25) is 0 Å². The normalized spacial score (nSPS) is 15.1. The van der Waals surface area contributed by atoms with Crippen molar-refractivity contribution in [1.82, 2.24) is 9.80 Å². The highest BCUT2D eigenvalue weighted by molar-refractivity contribution is 4.96. The van der Waals surface area contributed by atoms with E-state index in [4.69, 9.17) is 0 Å². The SMILES string of the molecule is CCCCCCCCCCCCCCCCCCCN1C=CN(CCC)C1CCCCCCCCCCCCC. The van der Waals surface area contributed by atoms with Crippen molar-refractivity contribution in [3.63, 3.8) is 0 Å². The molecule has 2 nitrogen and oxygen atoms in total. The maximum atomic E-state index is 2.68. The molecule has 0 aromatic carbocycles. The lowest BCUT2D eigenvalue weighted by molar-refractivity contribution is 0.137. The van der Waals surface area contributed by atoms with E-state index in [9.17, 15) is 0 Å². The van der Waals surface area contributed by atoms with Crippen LogP contribution in [0.1, 0.15) is 213 Å². The summed E-state index contributed by atoms with van der Waals surface area (Å²) in [4.78, 5) is 5.31. The summed E-state index contributed by atoms with van der Waals surface area (Å²) in [6, 6.07) is 0. The van der Waals surface area contributed by atoms with E-state index in [0.29, 0.717) is 6.17 Å². The molecular formula is C38H76N2. The van der Waals surface area contributed by atoms with Crippen LogP contribution < -0.4 is 0 Å². The molecule has 0 radical (unpaired) electrons. The Bertz CT molecular complexity index is 516. The summed E-state index contributed by atoms with van der Waals surface area (Å²) in [7, 11) is 0. The van der Waals surface area contributed by atoms with Crippen molar-refractivity contribution in [3.8, 4) is 0 Å². The summed E-state index contributed by atoms with van der Waals surface area (Å²) in [5.41, 5.74) is 0.